The zero-order chi connectivity index (χ0) is 15.1. The number of furan rings is 1. The minimum absolute atomic E-state index is 0.431. The van der Waals surface area contributed by atoms with Crippen LogP contribution in [0.3, 0.4) is 0 Å². The predicted molar refractivity (Wildman–Crippen MR) is 82.8 cm³/mol. The standard InChI is InChI=1S/C17H23NO3/c1-4-18-11-14-10-17(21-13(14)3)12-20-16-8-6-15(7-9-16)19-5-2/h6-10,18H,4-5,11-12H2,1-3H3. The first-order chi connectivity index (χ1) is 10.2. The van der Waals surface area contributed by atoms with Crippen molar-refractivity contribution in [3.8, 4) is 11.5 Å². The highest BCUT2D eigenvalue weighted by molar-refractivity contribution is 5.31. The lowest BCUT2D eigenvalue weighted by Crippen LogP contribution is -2.11. The van der Waals surface area contributed by atoms with Gasteiger partial charge in [0.25, 0.3) is 0 Å². The van der Waals surface area contributed by atoms with Crippen molar-refractivity contribution in [1.29, 1.82) is 0 Å². The highest BCUT2D eigenvalue weighted by Gasteiger charge is 2.07. The largest absolute Gasteiger partial charge is 0.494 e. The van der Waals surface area contributed by atoms with Gasteiger partial charge in [-0.25, -0.2) is 0 Å². The first kappa shape index (κ1) is 15.4. The van der Waals surface area contributed by atoms with E-state index in [9.17, 15) is 0 Å². The Morgan fingerprint density at radius 3 is 2.33 bits per heavy atom. The van der Waals surface area contributed by atoms with Gasteiger partial charge in [-0.15, -0.1) is 0 Å². The Balaban J connectivity index is 1.90. The molecule has 0 aliphatic rings. The summed E-state index contributed by atoms with van der Waals surface area (Å²) in [6, 6.07) is 9.67. The summed E-state index contributed by atoms with van der Waals surface area (Å²) in [5, 5.41) is 3.30. The smallest absolute Gasteiger partial charge is 0.146 e. The number of nitrogens with one attached hydrogen (secondary N) is 1. The summed E-state index contributed by atoms with van der Waals surface area (Å²) in [6.45, 7) is 8.91. The number of benzene rings is 1. The maximum atomic E-state index is 5.73. The Hall–Kier alpha value is -1.94. The predicted octanol–water partition coefficient (Wildman–Crippen LogP) is 3.68. The number of rotatable bonds is 8. The molecule has 4 nitrogen and oxygen atoms in total. The van der Waals surface area contributed by atoms with Crippen LogP contribution in [0.1, 0.15) is 30.9 Å². The van der Waals surface area contributed by atoms with E-state index < -0.39 is 0 Å². The first-order valence-electron chi connectivity index (χ1n) is 7.37. The normalized spacial score (nSPS) is 10.6. The molecule has 4 heteroatoms. The summed E-state index contributed by atoms with van der Waals surface area (Å²) in [6.07, 6.45) is 0. The Bertz CT molecular complexity index is 546. The van der Waals surface area contributed by atoms with Crippen molar-refractivity contribution in [3.63, 3.8) is 0 Å². The molecule has 0 unspecified atom stereocenters. The molecule has 0 atom stereocenters. The lowest BCUT2D eigenvalue weighted by molar-refractivity contribution is 0.267. The molecule has 0 amide bonds. The van der Waals surface area contributed by atoms with Crippen LogP contribution in [-0.4, -0.2) is 13.2 Å². The average molecular weight is 289 g/mol. The Labute approximate surface area is 126 Å². The quantitative estimate of drug-likeness (QED) is 0.805. The molecule has 1 N–H and O–H groups in total. The average Bonchev–Trinajstić information content (AvgIpc) is 2.85. The minimum atomic E-state index is 0.431. The Kier molecular flexibility index (Phi) is 5.69. The zero-order valence-corrected chi connectivity index (χ0v) is 12.9. The van der Waals surface area contributed by atoms with Gasteiger partial charge in [0.05, 0.1) is 6.61 Å². The minimum Gasteiger partial charge on any atom is -0.494 e. The van der Waals surface area contributed by atoms with Gasteiger partial charge in [0, 0.05) is 12.1 Å². The third kappa shape index (κ3) is 4.53. The van der Waals surface area contributed by atoms with Gasteiger partial charge < -0.3 is 19.2 Å². The van der Waals surface area contributed by atoms with Crippen molar-refractivity contribution in [2.24, 2.45) is 0 Å². The number of hydrogen-bond donors (Lipinski definition) is 1. The summed E-state index contributed by atoms with van der Waals surface area (Å²) >= 11 is 0. The van der Waals surface area contributed by atoms with E-state index in [0.29, 0.717) is 13.2 Å². The van der Waals surface area contributed by atoms with Crippen molar-refractivity contribution < 1.29 is 13.9 Å². The third-order valence-corrected chi connectivity index (χ3v) is 3.15. The summed E-state index contributed by atoms with van der Waals surface area (Å²) in [4.78, 5) is 0. The van der Waals surface area contributed by atoms with Gasteiger partial charge >= 0.3 is 0 Å². The van der Waals surface area contributed by atoms with E-state index in [-0.39, 0.29) is 0 Å². The summed E-state index contributed by atoms with van der Waals surface area (Å²) < 4.78 is 16.8. The van der Waals surface area contributed by atoms with Gasteiger partial charge in [0.15, 0.2) is 0 Å². The molecular weight excluding hydrogens is 266 g/mol. The van der Waals surface area contributed by atoms with Gasteiger partial charge in [0.2, 0.25) is 0 Å². The highest BCUT2D eigenvalue weighted by atomic mass is 16.5. The summed E-state index contributed by atoms with van der Waals surface area (Å²) in [5.74, 6) is 3.45. The molecule has 1 heterocycles. The fourth-order valence-corrected chi connectivity index (χ4v) is 2.05. The molecule has 0 bridgehead atoms. The van der Waals surface area contributed by atoms with Crippen molar-refractivity contribution in [3.05, 3.63) is 47.4 Å². The van der Waals surface area contributed by atoms with E-state index in [4.69, 9.17) is 13.9 Å². The van der Waals surface area contributed by atoms with Gasteiger partial charge in [0.1, 0.15) is 29.6 Å². The van der Waals surface area contributed by atoms with Crippen LogP contribution in [0, 0.1) is 6.92 Å². The van der Waals surface area contributed by atoms with Crippen molar-refractivity contribution >= 4 is 0 Å². The van der Waals surface area contributed by atoms with Gasteiger partial charge in [-0.3, -0.25) is 0 Å². The molecule has 0 aliphatic carbocycles. The maximum Gasteiger partial charge on any atom is 0.146 e. The van der Waals surface area contributed by atoms with Crippen molar-refractivity contribution in [1.82, 2.24) is 5.32 Å². The monoisotopic (exact) mass is 289 g/mol. The second-order valence-corrected chi connectivity index (χ2v) is 4.77. The van der Waals surface area contributed by atoms with Crippen molar-refractivity contribution in [2.45, 2.75) is 33.9 Å². The molecule has 1 aromatic carbocycles. The van der Waals surface area contributed by atoms with E-state index in [1.807, 2.05) is 44.2 Å². The maximum absolute atomic E-state index is 5.73. The number of hydrogen-bond acceptors (Lipinski definition) is 4. The van der Waals surface area contributed by atoms with E-state index in [2.05, 4.69) is 12.2 Å². The molecule has 0 fully saturated rings. The van der Waals surface area contributed by atoms with Gasteiger partial charge in [-0.1, -0.05) is 6.92 Å². The van der Waals surface area contributed by atoms with E-state index >= 15 is 0 Å². The molecular formula is C17H23NO3. The van der Waals surface area contributed by atoms with Crippen molar-refractivity contribution in [2.75, 3.05) is 13.2 Å². The molecule has 0 spiro atoms. The number of aryl methyl sites for hydroxylation is 1. The first-order valence-corrected chi connectivity index (χ1v) is 7.37. The Morgan fingerprint density at radius 1 is 1.05 bits per heavy atom. The molecule has 0 aliphatic heterocycles. The van der Waals surface area contributed by atoms with E-state index in [0.717, 1.165) is 36.1 Å². The highest BCUT2D eigenvalue weighted by Crippen LogP contribution is 2.20. The van der Waals surface area contributed by atoms with E-state index in [1.54, 1.807) is 0 Å². The molecule has 0 radical (unpaired) electrons. The van der Waals surface area contributed by atoms with Gasteiger partial charge in [-0.05, 0) is 50.7 Å². The SMILES string of the molecule is CCNCc1cc(COc2ccc(OCC)cc2)oc1C. The van der Waals surface area contributed by atoms with Crippen LogP contribution in [0.2, 0.25) is 0 Å². The third-order valence-electron chi connectivity index (χ3n) is 3.15. The molecule has 2 aromatic rings. The molecule has 0 saturated heterocycles. The van der Waals surface area contributed by atoms with E-state index in [1.165, 1.54) is 5.56 Å². The summed E-state index contributed by atoms with van der Waals surface area (Å²) in [5.41, 5.74) is 1.18. The lowest BCUT2D eigenvalue weighted by atomic mass is 10.2. The van der Waals surface area contributed by atoms with Crippen LogP contribution in [0.4, 0.5) is 0 Å². The van der Waals surface area contributed by atoms with Crippen LogP contribution in [0.25, 0.3) is 0 Å². The second kappa shape index (κ2) is 7.74. The van der Waals surface area contributed by atoms with Crippen LogP contribution in [-0.2, 0) is 13.2 Å². The fourth-order valence-electron chi connectivity index (χ4n) is 2.05. The zero-order valence-electron chi connectivity index (χ0n) is 12.9. The number of ether oxygens (including phenoxy) is 2. The molecule has 21 heavy (non-hydrogen) atoms. The Morgan fingerprint density at radius 2 is 1.71 bits per heavy atom. The van der Waals surface area contributed by atoms with Crippen LogP contribution in [0.15, 0.2) is 34.7 Å². The second-order valence-electron chi connectivity index (χ2n) is 4.77. The molecule has 2 rings (SSSR count). The fraction of sp³-hybridized carbons (Fsp3) is 0.412. The lowest BCUT2D eigenvalue weighted by Gasteiger charge is -2.06. The molecule has 1 aromatic heterocycles. The van der Waals surface area contributed by atoms with Crippen LogP contribution < -0.4 is 14.8 Å². The van der Waals surface area contributed by atoms with Crippen LogP contribution >= 0.6 is 0 Å². The van der Waals surface area contributed by atoms with Gasteiger partial charge in [-0.2, -0.15) is 0 Å². The van der Waals surface area contributed by atoms with Crippen LogP contribution in [0.5, 0.6) is 11.5 Å². The summed E-state index contributed by atoms with van der Waals surface area (Å²) in [7, 11) is 0. The molecule has 114 valence electrons. The molecule has 0 saturated carbocycles. The topological polar surface area (TPSA) is 43.6 Å².